The Morgan fingerprint density at radius 3 is 2.84 bits per heavy atom. The largest absolute Gasteiger partial charge is 0.493 e. The van der Waals surface area contributed by atoms with E-state index in [9.17, 15) is 9.90 Å². The van der Waals surface area contributed by atoms with Gasteiger partial charge in [-0.2, -0.15) is 10.2 Å². The van der Waals surface area contributed by atoms with Crippen molar-refractivity contribution in [1.82, 2.24) is 0 Å². The third-order valence-electron chi connectivity index (χ3n) is 5.79. The minimum atomic E-state index is -0.956. The van der Waals surface area contributed by atoms with Gasteiger partial charge < -0.3 is 19.0 Å². The number of nitrogens with zero attached hydrogens (tertiary/aromatic N) is 2. The summed E-state index contributed by atoms with van der Waals surface area (Å²) in [7, 11) is 0. The Morgan fingerprint density at radius 2 is 2.06 bits per heavy atom. The zero-order valence-corrected chi connectivity index (χ0v) is 17.1. The standard InChI is InChI=1S/C24H22N2O5/c1-2-29-20(23(27)28)13-15-3-5-17(6-4-15)30-12-11-24-10-9-16-14-31-19-8-7-18(25-26-24)21(19)22(16)24/h3-10,14,20H,2,11-13H2,1H3,(H,27,28). The molecule has 0 spiro atoms. The summed E-state index contributed by atoms with van der Waals surface area (Å²) >= 11 is 0. The van der Waals surface area contributed by atoms with Crippen molar-refractivity contribution in [2.45, 2.75) is 31.4 Å². The minimum absolute atomic E-state index is 0.317. The predicted molar refractivity (Wildman–Crippen MR) is 114 cm³/mol. The molecule has 0 bridgehead atoms. The summed E-state index contributed by atoms with van der Waals surface area (Å²) in [6.07, 6.45) is 6.00. The highest BCUT2D eigenvalue weighted by Gasteiger charge is 2.42. The molecule has 31 heavy (non-hydrogen) atoms. The van der Waals surface area contributed by atoms with E-state index in [1.54, 1.807) is 13.2 Å². The minimum Gasteiger partial charge on any atom is -0.493 e. The van der Waals surface area contributed by atoms with Crippen LogP contribution < -0.4 is 4.74 Å². The first-order valence-corrected chi connectivity index (χ1v) is 10.3. The Labute approximate surface area is 179 Å². The highest BCUT2D eigenvalue weighted by Crippen LogP contribution is 2.53. The van der Waals surface area contributed by atoms with Crippen LogP contribution in [0.4, 0.5) is 5.69 Å². The van der Waals surface area contributed by atoms with Crippen LogP contribution in [0.3, 0.4) is 0 Å². The summed E-state index contributed by atoms with van der Waals surface area (Å²) in [5.41, 5.74) is 4.40. The number of carboxylic acid groups (broad SMARTS) is 1. The second-order valence-corrected chi connectivity index (χ2v) is 7.71. The van der Waals surface area contributed by atoms with Gasteiger partial charge in [0.05, 0.1) is 24.1 Å². The lowest BCUT2D eigenvalue weighted by Crippen LogP contribution is -2.26. The number of rotatable bonds is 9. The second-order valence-electron chi connectivity index (χ2n) is 7.71. The molecule has 1 aromatic rings. The zero-order valence-electron chi connectivity index (χ0n) is 17.1. The molecule has 2 aliphatic heterocycles. The fourth-order valence-corrected chi connectivity index (χ4v) is 4.27. The first-order chi connectivity index (χ1) is 15.1. The summed E-state index contributed by atoms with van der Waals surface area (Å²) in [6.45, 7) is 2.61. The van der Waals surface area contributed by atoms with E-state index in [2.05, 4.69) is 16.3 Å². The number of hydrogen-bond donors (Lipinski definition) is 1. The number of ether oxygens (including phenoxy) is 2. The number of hydrogen-bond acceptors (Lipinski definition) is 6. The molecular weight excluding hydrogens is 396 g/mol. The van der Waals surface area contributed by atoms with Gasteiger partial charge in [0.1, 0.15) is 17.0 Å². The normalized spacial score (nSPS) is 19.1. The van der Waals surface area contributed by atoms with Crippen molar-refractivity contribution < 1.29 is 23.8 Å². The molecular formula is C24H22N2O5. The second kappa shape index (κ2) is 7.67. The fourth-order valence-electron chi connectivity index (χ4n) is 4.27. The van der Waals surface area contributed by atoms with E-state index in [4.69, 9.17) is 13.9 Å². The number of carboxylic acids is 1. The Hall–Kier alpha value is -3.45. The van der Waals surface area contributed by atoms with Crippen LogP contribution in [0.5, 0.6) is 5.75 Å². The van der Waals surface area contributed by atoms with E-state index in [-0.39, 0.29) is 0 Å². The first kappa shape index (κ1) is 19.5. The molecule has 2 atom stereocenters. The smallest absolute Gasteiger partial charge is 0.333 e. The van der Waals surface area contributed by atoms with E-state index in [0.717, 1.165) is 39.5 Å². The quantitative estimate of drug-likeness (QED) is 0.515. The highest BCUT2D eigenvalue weighted by molar-refractivity contribution is 5.86. The third-order valence-corrected chi connectivity index (χ3v) is 5.79. The SMILES string of the molecule is CCOC(Cc1ccc(OCCC23C=Cc4coc5ccc(c-5c42)N=N3)cc1)C(=O)O. The van der Waals surface area contributed by atoms with Crippen LogP contribution in [0.15, 0.2) is 63.4 Å². The van der Waals surface area contributed by atoms with Gasteiger partial charge in [-0.1, -0.05) is 18.2 Å². The van der Waals surface area contributed by atoms with Gasteiger partial charge in [-0.05, 0) is 42.8 Å². The zero-order chi connectivity index (χ0) is 21.4. The molecule has 0 amide bonds. The van der Waals surface area contributed by atoms with Crippen LogP contribution in [0, 0.1) is 0 Å². The summed E-state index contributed by atoms with van der Waals surface area (Å²) < 4.78 is 17.0. The number of carbonyl (C=O) groups is 1. The van der Waals surface area contributed by atoms with Crippen molar-refractivity contribution >= 4 is 17.7 Å². The van der Waals surface area contributed by atoms with Crippen LogP contribution >= 0.6 is 0 Å². The highest BCUT2D eigenvalue weighted by atomic mass is 16.5. The van der Waals surface area contributed by atoms with Crippen molar-refractivity contribution in [3.8, 4) is 17.1 Å². The van der Waals surface area contributed by atoms with Crippen LogP contribution in [0.2, 0.25) is 0 Å². The average molecular weight is 418 g/mol. The van der Waals surface area contributed by atoms with Crippen LogP contribution in [0.1, 0.15) is 30.0 Å². The lowest BCUT2D eigenvalue weighted by molar-refractivity contribution is -0.149. The van der Waals surface area contributed by atoms with E-state index in [0.29, 0.717) is 26.1 Å². The van der Waals surface area contributed by atoms with E-state index in [1.807, 2.05) is 42.5 Å². The van der Waals surface area contributed by atoms with Crippen molar-refractivity contribution in [3.63, 3.8) is 0 Å². The van der Waals surface area contributed by atoms with Crippen molar-refractivity contribution in [3.05, 3.63) is 65.4 Å². The molecule has 7 heteroatoms. The van der Waals surface area contributed by atoms with Gasteiger partial charge in [-0.3, -0.25) is 0 Å². The van der Waals surface area contributed by atoms with Crippen molar-refractivity contribution in [1.29, 1.82) is 0 Å². The van der Waals surface area contributed by atoms with Gasteiger partial charge in [-0.15, -0.1) is 0 Å². The molecule has 1 N–H and O–H groups in total. The molecule has 2 heterocycles. The summed E-state index contributed by atoms with van der Waals surface area (Å²) in [4.78, 5) is 11.3. The maximum absolute atomic E-state index is 11.3. The van der Waals surface area contributed by atoms with Gasteiger partial charge >= 0.3 is 5.97 Å². The maximum atomic E-state index is 11.3. The number of aliphatic carboxylic acids is 1. The lowest BCUT2D eigenvalue weighted by atomic mass is 9.85. The van der Waals surface area contributed by atoms with Gasteiger partial charge in [-0.25, -0.2) is 4.79 Å². The first-order valence-electron chi connectivity index (χ1n) is 10.3. The van der Waals surface area contributed by atoms with Crippen molar-refractivity contribution in [2.24, 2.45) is 10.2 Å². The molecule has 7 nitrogen and oxygen atoms in total. The molecule has 4 aliphatic rings. The molecule has 5 rings (SSSR count). The van der Waals surface area contributed by atoms with Gasteiger partial charge in [0, 0.05) is 30.6 Å². The monoisotopic (exact) mass is 418 g/mol. The number of azo groups is 1. The van der Waals surface area contributed by atoms with Crippen LogP contribution in [0.25, 0.3) is 17.4 Å². The molecule has 158 valence electrons. The Balaban J connectivity index is 1.25. The van der Waals surface area contributed by atoms with Gasteiger partial charge in [0.2, 0.25) is 0 Å². The van der Waals surface area contributed by atoms with Crippen LogP contribution in [-0.4, -0.2) is 30.4 Å². The molecule has 0 aromatic heterocycles. The molecule has 0 saturated carbocycles. The van der Waals surface area contributed by atoms with Crippen molar-refractivity contribution in [2.75, 3.05) is 13.2 Å². The molecule has 0 saturated heterocycles. The topological polar surface area (TPSA) is 93.6 Å². The van der Waals surface area contributed by atoms with Gasteiger partial charge in [0.15, 0.2) is 6.10 Å². The fraction of sp³-hybridized carbons (Fsp3) is 0.292. The lowest BCUT2D eigenvalue weighted by Gasteiger charge is -2.28. The molecule has 2 unspecified atom stereocenters. The van der Waals surface area contributed by atoms with E-state index in [1.165, 1.54) is 0 Å². The third kappa shape index (κ3) is 3.41. The Bertz CT molecular complexity index is 1150. The summed E-state index contributed by atoms with van der Waals surface area (Å²) in [5.74, 6) is 0.590. The average Bonchev–Trinajstić information content (AvgIpc) is 3.35. The predicted octanol–water partition coefficient (Wildman–Crippen LogP) is 5.21. The molecule has 2 aliphatic carbocycles. The molecule has 0 radical (unpaired) electrons. The summed E-state index contributed by atoms with van der Waals surface area (Å²) in [5, 5.41) is 18.3. The number of benzene rings is 1. The Kier molecular flexibility index (Phi) is 4.82. The maximum Gasteiger partial charge on any atom is 0.333 e. The van der Waals surface area contributed by atoms with Crippen LogP contribution in [-0.2, 0) is 21.5 Å². The molecule has 1 aromatic carbocycles. The Morgan fingerprint density at radius 1 is 1.23 bits per heavy atom. The van der Waals surface area contributed by atoms with E-state index < -0.39 is 17.6 Å². The molecule has 0 fully saturated rings. The van der Waals surface area contributed by atoms with E-state index >= 15 is 0 Å². The summed E-state index contributed by atoms with van der Waals surface area (Å²) in [6, 6.07) is 11.3. The van der Waals surface area contributed by atoms with Gasteiger partial charge in [0.25, 0.3) is 0 Å².